The Hall–Kier alpha value is -0.240. The maximum atomic E-state index is 11.3. The van der Waals surface area contributed by atoms with Crippen LogP contribution in [0.2, 0.25) is 0 Å². The highest BCUT2D eigenvalue weighted by Crippen LogP contribution is 2.59. The Labute approximate surface area is 84.0 Å². The van der Waals surface area contributed by atoms with Crippen LogP contribution in [0.1, 0.15) is 27.2 Å². The lowest BCUT2D eigenvalue weighted by atomic mass is 10.1. The van der Waals surface area contributed by atoms with Crippen molar-refractivity contribution in [3.05, 3.63) is 11.6 Å². The van der Waals surface area contributed by atoms with Crippen LogP contribution in [0.15, 0.2) is 11.6 Å². The maximum Gasteiger partial charge on any atom is 0.215 e. The van der Waals surface area contributed by atoms with E-state index in [1.54, 1.807) is 0 Å². The molecular formula is C11H16OS. The van der Waals surface area contributed by atoms with Crippen LogP contribution in [-0.4, -0.2) is 10.9 Å². The molecule has 0 radical (unpaired) electrons. The van der Waals surface area contributed by atoms with Gasteiger partial charge in [0.25, 0.3) is 0 Å². The van der Waals surface area contributed by atoms with Crippen LogP contribution in [-0.2, 0) is 4.79 Å². The third-order valence-corrected chi connectivity index (χ3v) is 4.64. The fourth-order valence-electron chi connectivity index (χ4n) is 2.12. The molecule has 1 saturated heterocycles. The van der Waals surface area contributed by atoms with Gasteiger partial charge in [-0.1, -0.05) is 38.6 Å². The molecule has 1 aliphatic carbocycles. The molecule has 1 nitrogen and oxygen atoms in total. The lowest BCUT2D eigenvalue weighted by Crippen LogP contribution is -1.92. The second kappa shape index (κ2) is 2.88. The van der Waals surface area contributed by atoms with Crippen molar-refractivity contribution in [3.8, 4) is 0 Å². The van der Waals surface area contributed by atoms with Gasteiger partial charge in [-0.25, -0.2) is 0 Å². The van der Waals surface area contributed by atoms with Crippen molar-refractivity contribution in [2.75, 3.05) is 5.75 Å². The number of carbonyl (C=O) groups is 1. The average molecular weight is 196 g/mol. The smallest absolute Gasteiger partial charge is 0.215 e. The van der Waals surface area contributed by atoms with Gasteiger partial charge in [-0.3, -0.25) is 4.79 Å². The molecule has 72 valence electrons. The van der Waals surface area contributed by atoms with Crippen LogP contribution in [0, 0.1) is 17.3 Å². The molecule has 2 fully saturated rings. The highest BCUT2D eigenvalue weighted by atomic mass is 32.2. The third-order valence-electron chi connectivity index (χ3n) is 3.71. The molecule has 2 rings (SSSR count). The first-order valence-electron chi connectivity index (χ1n) is 4.91. The summed E-state index contributed by atoms with van der Waals surface area (Å²) in [6.45, 7) is 6.84. The Morgan fingerprint density at radius 1 is 1.54 bits per heavy atom. The molecule has 1 aliphatic heterocycles. The van der Waals surface area contributed by atoms with E-state index in [-0.39, 0.29) is 0 Å². The van der Waals surface area contributed by atoms with Gasteiger partial charge in [0, 0.05) is 11.3 Å². The van der Waals surface area contributed by atoms with E-state index in [1.807, 2.05) is 0 Å². The highest BCUT2D eigenvalue weighted by Gasteiger charge is 2.53. The van der Waals surface area contributed by atoms with Crippen molar-refractivity contribution in [2.45, 2.75) is 27.2 Å². The van der Waals surface area contributed by atoms with Crippen molar-refractivity contribution in [3.63, 3.8) is 0 Å². The molecule has 2 atom stereocenters. The summed E-state index contributed by atoms with van der Waals surface area (Å²) >= 11 is 1.47. The van der Waals surface area contributed by atoms with Gasteiger partial charge in [0.1, 0.15) is 0 Å². The lowest BCUT2D eigenvalue weighted by Gasteiger charge is -1.98. The van der Waals surface area contributed by atoms with Gasteiger partial charge in [0.15, 0.2) is 0 Å². The number of rotatable bonds is 1. The minimum atomic E-state index is 0.315. The SMILES string of the molecule is C[C@@H]1[C@H](/C=C2\CCSC2=O)C1(C)C. The summed E-state index contributed by atoms with van der Waals surface area (Å²) in [5.41, 5.74) is 1.51. The average Bonchev–Trinajstić information content (AvgIpc) is 2.48. The van der Waals surface area contributed by atoms with Crippen molar-refractivity contribution in [1.82, 2.24) is 0 Å². The predicted molar refractivity (Wildman–Crippen MR) is 56.6 cm³/mol. The summed E-state index contributed by atoms with van der Waals surface area (Å²) in [7, 11) is 0. The molecule has 13 heavy (non-hydrogen) atoms. The van der Waals surface area contributed by atoms with Gasteiger partial charge in [-0.15, -0.1) is 0 Å². The van der Waals surface area contributed by atoms with Gasteiger partial charge in [-0.05, 0) is 23.7 Å². The van der Waals surface area contributed by atoms with Gasteiger partial charge in [-0.2, -0.15) is 0 Å². The quantitative estimate of drug-likeness (QED) is 0.600. The summed E-state index contributed by atoms with van der Waals surface area (Å²) in [6.07, 6.45) is 3.22. The summed E-state index contributed by atoms with van der Waals surface area (Å²) < 4.78 is 0. The van der Waals surface area contributed by atoms with Crippen molar-refractivity contribution < 1.29 is 4.79 Å². The van der Waals surface area contributed by atoms with Crippen LogP contribution in [0.25, 0.3) is 0 Å². The van der Waals surface area contributed by atoms with Crippen LogP contribution in [0.5, 0.6) is 0 Å². The molecule has 0 amide bonds. The van der Waals surface area contributed by atoms with E-state index in [1.165, 1.54) is 11.8 Å². The van der Waals surface area contributed by atoms with E-state index in [0.717, 1.165) is 23.7 Å². The zero-order valence-corrected chi connectivity index (χ0v) is 9.28. The number of thioether (sulfide) groups is 1. The third kappa shape index (κ3) is 1.45. The number of allylic oxidation sites excluding steroid dienone is 1. The largest absolute Gasteiger partial charge is 0.282 e. The van der Waals surface area contributed by atoms with Crippen LogP contribution >= 0.6 is 11.8 Å². The van der Waals surface area contributed by atoms with E-state index in [2.05, 4.69) is 26.8 Å². The Balaban J connectivity index is 2.10. The molecule has 0 bridgehead atoms. The van der Waals surface area contributed by atoms with Gasteiger partial charge in [0.2, 0.25) is 5.12 Å². The normalized spacial score (nSPS) is 39.9. The van der Waals surface area contributed by atoms with E-state index in [0.29, 0.717) is 16.4 Å². The summed E-state index contributed by atoms with van der Waals surface area (Å²) in [5, 5.41) is 0.315. The monoisotopic (exact) mass is 196 g/mol. The molecule has 0 aromatic heterocycles. The molecule has 2 heteroatoms. The lowest BCUT2D eigenvalue weighted by molar-refractivity contribution is -0.107. The van der Waals surface area contributed by atoms with Gasteiger partial charge < -0.3 is 0 Å². The fraction of sp³-hybridized carbons (Fsp3) is 0.727. The molecule has 0 aromatic rings. The predicted octanol–water partition coefficient (Wildman–Crippen LogP) is 2.87. The Bertz CT molecular complexity index is 278. The molecule has 2 aliphatic rings. The zero-order valence-electron chi connectivity index (χ0n) is 8.46. The molecular weight excluding hydrogens is 180 g/mol. The summed E-state index contributed by atoms with van der Waals surface area (Å²) in [6, 6.07) is 0. The maximum absolute atomic E-state index is 11.3. The minimum Gasteiger partial charge on any atom is -0.282 e. The molecule has 0 spiro atoms. The topological polar surface area (TPSA) is 17.1 Å². The van der Waals surface area contributed by atoms with Crippen molar-refractivity contribution in [1.29, 1.82) is 0 Å². The Kier molecular flexibility index (Phi) is 2.06. The molecule has 0 N–H and O–H groups in total. The van der Waals surface area contributed by atoms with Crippen LogP contribution < -0.4 is 0 Å². The first-order valence-corrected chi connectivity index (χ1v) is 5.90. The first kappa shape index (κ1) is 9.32. The number of hydrogen-bond donors (Lipinski definition) is 0. The van der Waals surface area contributed by atoms with E-state index < -0.39 is 0 Å². The highest BCUT2D eigenvalue weighted by molar-refractivity contribution is 8.14. The summed E-state index contributed by atoms with van der Waals surface area (Å²) in [4.78, 5) is 11.3. The van der Waals surface area contributed by atoms with E-state index in [4.69, 9.17) is 0 Å². The van der Waals surface area contributed by atoms with Crippen molar-refractivity contribution >= 4 is 16.9 Å². The van der Waals surface area contributed by atoms with Crippen molar-refractivity contribution in [2.24, 2.45) is 17.3 Å². The van der Waals surface area contributed by atoms with Crippen LogP contribution in [0.4, 0.5) is 0 Å². The zero-order chi connectivity index (χ0) is 9.64. The van der Waals surface area contributed by atoms with Gasteiger partial charge in [0.05, 0.1) is 0 Å². The molecule has 1 heterocycles. The Morgan fingerprint density at radius 2 is 2.15 bits per heavy atom. The van der Waals surface area contributed by atoms with Gasteiger partial charge >= 0.3 is 0 Å². The molecule has 1 saturated carbocycles. The molecule has 0 aromatic carbocycles. The molecule has 0 unspecified atom stereocenters. The standard InChI is InChI=1S/C11H16OS/c1-7-9(11(7,2)3)6-8-4-5-13-10(8)12/h6-7,9H,4-5H2,1-3H3/b8-6+/t7-,9+/m1/s1. The fourth-order valence-corrected chi connectivity index (χ4v) is 2.98. The number of carbonyl (C=O) groups excluding carboxylic acids is 1. The van der Waals surface area contributed by atoms with E-state index >= 15 is 0 Å². The number of hydrogen-bond acceptors (Lipinski definition) is 2. The van der Waals surface area contributed by atoms with Crippen LogP contribution in [0.3, 0.4) is 0 Å². The second-order valence-corrected chi connectivity index (χ2v) is 5.78. The Morgan fingerprint density at radius 3 is 2.54 bits per heavy atom. The minimum absolute atomic E-state index is 0.315. The summed E-state index contributed by atoms with van der Waals surface area (Å²) in [5.74, 6) is 2.38. The first-order chi connectivity index (χ1) is 6.03. The van der Waals surface area contributed by atoms with E-state index in [9.17, 15) is 4.79 Å². The second-order valence-electron chi connectivity index (χ2n) is 4.71.